The van der Waals surface area contributed by atoms with Gasteiger partial charge in [-0.3, -0.25) is 4.79 Å². The van der Waals surface area contributed by atoms with Crippen LogP contribution in [0.15, 0.2) is 18.2 Å². The summed E-state index contributed by atoms with van der Waals surface area (Å²) >= 11 is 0. The predicted octanol–water partition coefficient (Wildman–Crippen LogP) is 1.77. The average molecular weight is 324 g/mol. The fourth-order valence-corrected chi connectivity index (χ4v) is 1.69. The number of hydrogen-bond acceptors (Lipinski definition) is 7. The van der Waals surface area contributed by atoms with Crippen LogP contribution in [-0.2, 0) is 19.1 Å². The minimum absolute atomic E-state index is 0.187. The first-order chi connectivity index (χ1) is 11.0. The molecule has 23 heavy (non-hydrogen) atoms. The Bertz CT molecular complexity index is 566. The van der Waals surface area contributed by atoms with Gasteiger partial charge in [0.15, 0.2) is 19.0 Å². The maximum atomic E-state index is 11.6. The maximum absolute atomic E-state index is 11.6. The van der Waals surface area contributed by atoms with E-state index in [1.54, 1.807) is 13.8 Å². The second-order valence-corrected chi connectivity index (χ2v) is 4.40. The molecule has 1 aromatic rings. The zero-order chi connectivity index (χ0) is 17.2. The number of Topliss-reactive ketones (excluding diaryl/α,β-unsaturated/α-hetero) is 1. The number of carbonyl (C=O) groups excluding carboxylic acids is 3. The maximum Gasteiger partial charge on any atom is 0.344 e. The molecule has 7 heteroatoms. The highest BCUT2D eigenvalue weighted by molar-refractivity contribution is 5.97. The van der Waals surface area contributed by atoms with E-state index in [9.17, 15) is 14.4 Å². The van der Waals surface area contributed by atoms with E-state index in [0.29, 0.717) is 11.3 Å². The number of ether oxygens (including phenoxy) is 4. The van der Waals surface area contributed by atoms with Gasteiger partial charge < -0.3 is 18.9 Å². The monoisotopic (exact) mass is 324 g/mol. The molecule has 0 unspecified atom stereocenters. The largest absolute Gasteiger partial charge is 0.482 e. The van der Waals surface area contributed by atoms with Crippen LogP contribution in [0.25, 0.3) is 0 Å². The molecule has 0 bridgehead atoms. The molecule has 126 valence electrons. The molecule has 0 heterocycles. The highest BCUT2D eigenvalue weighted by Crippen LogP contribution is 2.25. The van der Waals surface area contributed by atoms with Crippen molar-refractivity contribution >= 4 is 17.7 Å². The van der Waals surface area contributed by atoms with Crippen molar-refractivity contribution in [3.63, 3.8) is 0 Å². The van der Waals surface area contributed by atoms with Crippen molar-refractivity contribution in [3.8, 4) is 11.5 Å². The summed E-state index contributed by atoms with van der Waals surface area (Å²) in [6.07, 6.45) is 0. The summed E-state index contributed by atoms with van der Waals surface area (Å²) in [6, 6.07) is 4.48. The zero-order valence-electron chi connectivity index (χ0n) is 13.4. The molecule has 0 fully saturated rings. The van der Waals surface area contributed by atoms with Gasteiger partial charge in [-0.05, 0) is 32.9 Å². The molecule has 0 saturated carbocycles. The highest BCUT2D eigenvalue weighted by atomic mass is 16.6. The van der Waals surface area contributed by atoms with Gasteiger partial charge in [-0.15, -0.1) is 0 Å². The molecule has 0 spiro atoms. The SMILES string of the molecule is CCOC(=O)COc1ccc(C(C)=O)c(OCC(=O)OCC)c1. The summed E-state index contributed by atoms with van der Waals surface area (Å²) < 4.78 is 20.1. The van der Waals surface area contributed by atoms with Crippen molar-refractivity contribution in [2.24, 2.45) is 0 Å². The highest BCUT2D eigenvalue weighted by Gasteiger charge is 2.13. The van der Waals surface area contributed by atoms with Gasteiger partial charge in [0.1, 0.15) is 11.5 Å². The molecular weight excluding hydrogens is 304 g/mol. The zero-order valence-corrected chi connectivity index (χ0v) is 13.4. The van der Waals surface area contributed by atoms with E-state index < -0.39 is 11.9 Å². The van der Waals surface area contributed by atoms with Gasteiger partial charge in [0.05, 0.1) is 18.8 Å². The first-order valence-corrected chi connectivity index (χ1v) is 7.19. The Balaban J connectivity index is 2.79. The first kappa shape index (κ1) is 18.5. The molecule has 0 amide bonds. The third kappa shape index (κ3) is 6.37. The molecule has 0 saturated heterocycles. The number of rotatable bonds is 9. The normalized spacial score (nSPS) is 9.87. The van der Waals surface area contributed by atoms with Crippen LogP contribution in [0.4, 0.5) is 0 Å². The number of benzene rings is 1. The van der Waals surface area contributed by atoms with Gasteiger partial charge in [-0.25, -0.2) is 9.59 Å². The van der Waals surface area contributed by atoms with Gasteiger partial charge in [0, 0.05) is 6.07 Å². The van der Waals surface area contributed by atoms with E-state index in [0.717, 1.165) is 0 Å². The van der Waals surface area contributed by atoms with E-state index in [4.69, 9.17) is 18.9 Å². The first-order valence-electron chi connectivity index (χ1n) is 7.19. The molecule has 0 aromatic heterocycles. The lowest BCUT2D eigenvalue weighted by Crippen LogP contribution is -2.16. The van der Waals surface area contributed by atoms with Gasteiger partial charge in [-0.2, -0.15) is 0 Å². The summed E-state index contributed by atoms with van der Waals surface area (Å²) in [4.78, 5) is 34.2. The summed E-state index contributed by atoms with van der Waals surface area (Å²) in [7, 11) is 0. The van der Waals surface area contributed by atoms with E-state index in [-0.39, 0.29) is 38.0 Å². The van der Waals surface area contributed by atoms with Gasteiger partial charge in [0.25, 0.3) is 0 Å². The molecule has 1 rings (SSSR count). The van der Waals surface area contributed by atoms with Gasteiger partial charge >= 0.3 is 11.9 Å². The average Bonchev–Trinajstić information content (AvgIpc) is 2.51. The van der Waals surface area contributed by atoms with Crippen molar-refractivity contribution in [1.82, 2.24) is 0 Å². The fraction of sp³-hybridized carbons (Fsp3) is 0.438. The Hall–Kier alpha value is -2.57. The lowest BCUT2D eigenvalue weighted by molar-refractivity contribution is -0.146. The van der Waals surface area contributed by atoms with Gasteiger partial charge in [-0.1, -0.05) is 0 Å². The predicted molar refractivity (Wildman–Crippen MR) is 80.7 cm³/mol. The van der Waals surface area contributed by atoms with Crippen LogP contribution >= 0.6 is 0 Å². The van der Waals surface area contributed by atoms with Crippen molar-refractivity contribution in [1.29, 1.82) is 0 Å². The summed E-state index contributed by atoms with van der Waals surface area (Å²) in [6.45, 7) is 4.68. The van der Waals surface area contributed by atoms with Crippen molar-refractivity contribution in [2.45, 2.75) is 20.8 Å². The quantitative estimate of drug-likeness (QED) is 0.505. The van der Waals surface area contributed by atoms with Crippen molar-refractivity contribution in [3.05, 3.63) is 23.8 Å². The smallest absolute Gasteiger partial charge is 0.344 e. The van der Waals surface area contributed by atoms with E-state index >= 15 is 0 Å². The third-order valence-corrected chi connectivity index (χ3v) is 2.65. The molecule has 0 N–H and O–H groups in total. The van der Waals surface area contributed by atoms with Crippen LogP contribution in [-0.4, -0.2) is 44.1 Å². The van der Waals surface area contributed by atoms with Crippen LogP contribution < -0.4 is 9.47 Å². The second-order valence-electron chi connectivity index (χ2n) is 4.40. The summed E-state index contributed by atoms with van der Waals surface area (Å²) in [5.41, 5.74) is 0.304. The molecule has 0 radical (unpaired) electrons. The van der Waals surface area contributed by atoms with Crippen LogP contribution in [0.1, 0.15) is 31.1 Å². The number of hydrogen-bond donors (Lipinski definition) is 0. The number of esters is 2. The van der Waals surface area contributed by atoms with E-state index in [1.165, 1.54) is 25.1 Å². The number of carbonyl (C=O) groups is 3. The second kappa shape index (κ2) is 9.45. The topological polar surface area (TPSA) is 88.1 Å². The van der Waals surface area contributed by atoms with E-state index in [1.807, 2.05) is 0 Å². The molecule has 7 nitrogen and oxygen atoms in total. The summed E-state index contributed by atoms with van der Waals surface area (Å²) in [5.74, 6) is -0.758. The molecule has 1 aromatic carbocycles. The van der Waals surface area contributed by atoms with Crippen LogP contribution in [0.3, 0.4) is 0 Å². The molecule has 0 aliphatic heterocycles. The Morgan fingerprint density at radius 3 is 2.00 bits per heavy atom. The fourth-order valence-electron chi connectivity index (χ4n) is 1.69. The third-order valence-electron chi connectivity index (χ3n) is 2.65. The molecular formula is C16H20O7. The van der Waals surface area contributed by atoms with Crippen LogP contribution in [0, 0.1) is 0 Å². The Kier molecular flexibility index (Phi) is 7.59. The summed E-state index contributed by atoms with van der Waals surface area (Å²) in [5, 5.41) is 0. The Morgan fingerprint density at radius 1 is 0.913 bits per heavy atom. The minimum atomic E-state index is -0.542. The molecule has 0 aliphatic carbocycles. The Labute approximate surface area is 134 Å². The van der Waals surface area contributed by atoms with Crippen LogP contribution in [0.2, 0.25) is 0 Å². The number of ketones is 1. The lowest BCUT2D eigenvalue weighted by atomic mass is 10.1. The standard InChI is InChI=1S/C16H20O7/c1-4-20-15(18)9-22-12-6-7-13(11(3)17)14(8-12)23-10-16(19)21-5-2/h6-8H,4-5,9-10H2,1-3H3. The molecule has 0 atom stereocenters. The molecule has 0 aliphatic rings. The van der Waals surface area contributed by atoms with E-state index in [2.05, 4.69) is 0 Å². The van der Waals surface area contributed by atoms with Crippen LogP contribution in [0.5, 0.6) is 11.5 Å². The van der Waals surface area contributed by atoms with Crippen molar-refractivity contribution < 1.29 is 33.3 Å². The Morgan fingerprint density at radius 2 is 1.48 bits per heavy atom. The lowest BCUT2D eigenvalue weighted by Gasteiger charge is -2.12. The minimum Gasteiger partial charge on any atom is -0.482 e. The van der Waals surface area contributed by atoms with Gasteiger partial charge in [0.2, 0.25) is 0 Å². The van der Waals surface area contributed by atoms with Crippen molar-refractivity contribution in [2.75, 3.05) is 26.4 Å².